The minimum Gasteiger partial charge on any atom is -0.393 e. The first-order valence-corrected chi connectivity index (χ1v) is 13.8. The van der Waals surface area contributed by atoms with Crippen LogP contribution in [0.1, 0.15) is 99.3 Å². The monoisotopic (exact) mass is 446 g/mol. The maximum Gasteiger partial charge on any atom is 0.0757 e. The molecule has 4 rings (SSSR count). The van der Waals surface area contributed by atoms with Crippen LogP contribution in [-0.4, -0.2) is 33.6 Å². The van der Waals surface area contributed by atoms with E-state index in [4.69, 9.17) is 0 Å². The lowest BCUT2D eigenvalue weighted by atomic mass is 9.46. The van der Waals surface area contributed by atoms with Gasteiger partial charge in [0.15, 0.2) is 0 Å². The van der Waals surface area contributed by atoms with Crippen molar-refractivity contribution in [1.82, 2.24) is 0 Å². The van der Waals surface area contributed by atoms with Crippen LogP contribution in [0, 0.1) is 52.3 Å². The highest BCUT2D eigenvalue weighted by molar-refractivity contribution is 5.28. The van der Waals surface area contributed by atoms with Crippen molar-refractivity contribution in [3.63, 3.8) is 0 Å². The molecule has 2 unspecified atom stereocenters. The predicted molar refractivity (Wildman–Crippen MR) is 131 cm³/mol. The summed E-state index contributed by atoms with van der Waals surface area (Å²) < 4.78 is 0. The van der Waals surface area contributed by atoms with E-state index in [1.165, 1.54) is 31.3 Å². The van der Waals surface area contributed by atoms with E-state index in [0.717, 1.165) is 32.1 Å². The first-order valence-electron chi connectivity index (χ1n) is 13.8. The van der Waals surface area contributed by atoms with E-state index >= 15 is 0 Å². The Morgan fingerprint density at radius 2 is 1.72 bits per heavy atom. The number of hydrogen-bond donors (Lipinski definition) is 3. The minimum absolute atomic E-state index is 0.152. The van der Waals surface area contributed by atoms with Crippen molar-refractivity contribution in [1.29, 1.82) is 0 Å². The summed E-state index contributed by atoms with van der Waals surface area (Å²) in [5.74, 6) is 3.51. The van der Waals surface area contributed by atoms with Gasteiger partial charge in [0.25, 0.3) is 0 Å². The van der Waals surface area contributed by atoms with Gasteiger partial charge in [0, 0.05) is 0 Å². The molecule has 3 fully saturated rings. The van der Waals surface area contributed by atoms with Crippen LogP contribution in [0.3, 0.4) is 0 Å². The molecule has 0 aromatic heterocycles. The molecule has 0 aromatic rings. The van der Waals surface area contributed by atoms with Gasteiger partial charge in [-0.05, 0) is 104 Å². The third kappa shape index (κ3) is 3.93. The SMILES string of the molecule is CCC(CC(O)[C@@H](C)[C@H]1CC[C@H]2[C@@H]3[C@H](O)C=C4C[C@@H](O)CC[C@]4(C)[C@H]3CC[C@]12C)C(C)C. The van der Waals surface area contributed by atoms with Gasteiger partial charge in [0.1, 0.15) is 0 Å². The van der Waals surface area contributed by atoms with Gasteiger partial charge in [-0.1, -0.05) is 59.6 Å². The van der Waals surface area contributed by atoms with Crippen molar-refractivity contribution in [3.8, 4) is 0 Å². The molecular weight excluding hydrogens is 396 g/mol. The van der Waals surface area contributed by atoms with Gasteiger partial charge in [0.05, 0.1) is 18.3 Å². The van der Waals surface area contributed by atoms with E-state index in [0.29, 0.717) is 41.4 Å². The normalized spacial score (nSPS) is 46.6. The number of aliphatic hydroxyl groups excluding tert-OH is 3. The van der Waals surface area contributed by atoms with Gasteiger partial charge in [-0.15, -0.1) is 0 Å². The average Bonchev–Trinajstić information content (AvgIpc) is 3.09. The fourth-order valence-electron chi connectivity index (χ4n) is 9.24. The second-order valence-corrected chi connectivity index (χ2v) is 13.1. The standard InChI is InChI=1S/C29H50O3/c1-7-19(17(2)3)14-25(31)18(4)22-8-9-23-27-24(11-13-29(22,23)6)28(5)12-10-21(30)15-20(28)16-26(27)32/h16-19,21-27,30-32H,7-15H2,1-6H3/t18-,19?,21-,22+,23-,24-,25?,26+,27-,28-,29+/m0/s1. The van der Waals surface area contributed by atoms with E-state index in [1.54, 1.807) is 0 Å². The molecule has 0 aromatic carbocycles. The Kier molecular flexibility index (Phi) is 6.96. The zero-order chi connectivity index (χ0) is 23.4. The smallest absolute Gasteiger partial charge is 0.0757 e. The Morgan fingerprint density at radius 3 is 2.38 bits per heavy atom. The molecule has 3 N–H and O–H groups in total. The summed E-state index contributed by atoms with van der Waals surface area (Å²) in [6, 6.07) is 0. The van der Waals surface area contributed by atoms with Gasteiger partial charge in [-0.25, -0.2) is 0 Å². The summed E-state index contributed by atoms with van der Waals surface area (Å²) in [5.41, 5.74) is 1.70. The topological polar surface area (TPSA) is 60.7 Å². The molecule has 4 aliphatic rings. The lowest BCUT2D eigenvalue weighted by Gasteiger charge is -2.59. The first-order chi connectivity index (χ1) is 15.0. The Balaban J connectivity index is 1.55. The molecule has 3 nitrogen and oxygen atoms in total. The largest absolute Gasteiger partial charge is 0.393 e. The van der Waals surface area contributed by atoms with E-state index < -0.39 is 0 Å². The van der Waals surface area contributed by atoms with Crippen LogP contribution in [0.25, 0.3) is 0 Å². The summed E-state index contributed by atoms with van der Waals surface area (Å²) in [6.45, 7) is 14.1. The average molecular weight is 447 g/mol. The van der Waals surface area contributed by atoms with Crippen molar-refractivity contribution in [3.05, 3.63) is 11.6 Å². The molecule has 32 heavy (non-hydrogen) atoms. The molecule has 0 amide bonds. The fourth-order valence-corrected chi connectivity index (χ4v) is 9.24. The minimum atomic E-state index is -0.373. The van der Waals surface area contributed by atoms with E-state index in [1.807, 2.05) is 0 Å². The Morgan fingerprint density at radius 1 is 1.00 bits per heavy atom. The third-order valence-electron chi connectivity index (χ3n) is 11.4. The maximum absolute atomic E-state index is 11.3. The zero-order valence-electron chi connectivity index (χ0n) is 21.6. The molecule has 0 spiro atoms. The lowest BCUT2D eigenvalue weighted by Crippen LogP contribution is -2.55. The molecule has 0 bridgehead atoms. The van der Waals surface area contributed by atoms with E-state index in [2.05, 4.69) is 47.6 Å². The summed E-state index contributed by atoms with van der Waals surface area (Å²) in [4.78, 5) is 0. The molecule has 3 saturated carbocycles. The van der Waals surface area contributed by atoms with Gasteiger partial charge < -0.3 is 15.3 Å². The van der Waals surface area contributed by atoms with Crippen molar-refractivity contribution >= 4 is 0 Å². The number of rotatable bonds is 6. The number of fused-ring (bicyclic) bond motifs is 5. The van der Waals surface area contributed by atoms with Crippen LogP contribution in [0.4, 0.5) is 0 Å². The number of aliphatic hydroxyl groups is 3. The molecule has 11 atom stereocenters. The molecule has 0 aliphatic heterocycles. The van der Waals surface area contributed by atoms with Gasteiger partial charge >= 0.3 is 0 Å². The molecule has 4 aliphatic carbocycles. The lowest BCUT2D eigenvalue weighted by molar-refractivity contribution is -0.103. The molecule has 0 saturated heterocycles. The summed E-state index contributed by atoms with van der Waals surface area (Å²) in [5, 5.41) is 32.9. The molecular formula is C29H50O3. The highest BCUT2D eigenvalue weighted by Gasteiger charge is 2.61. The maximum atomic E-state index is 11.3. The Labute approximate surface area is 197 Å². The summed E-state index contributed by atoms with van der Waals surface area (Å²) in [7, 11) is 0. The van der Waals surface area contributed by atoms with Crippen LogP contribution < -0.4 is 0 Å². The molecule has 0 heterocycles. The summed E-state index contributed by atoms with van der Waals surface area (Å²) >= 11 is 0. The van der Waals surface area contributed by atoms with Crippen LogP contribution in [0.15, 0.2) is 11.6 Å². The van der Waals surface area contributed by atoms with Crippen LogP contribution in [0.2, 0.25) is 0 Å². The van der Waals surface area contributed by atoms with Crippen LogP contribution in [-0.2, 0) is 0 Å². The molecule has 0 radical (unpaired) electrons. The van der Waals surface area contributed by atoms with Crippen LogP contribution >= 0.6 is 0 Å². The summed E-state index contributed by atoms with van der Waals surface area (Å²) in [6.07, 6.45) is 10.9. The fraction of sp³-hybridized carbons (Fsp3) is 0.931. The predicted octanol–water partition coefficient (Wildman–Crippen LogP) is 5.97. The van der Waals surface area contributed by atoms with Crippen molar-refractivity contribution < 1.29 is 15.3 Å². The van der Waals surface area contributed by atoms with Gasteiger partial charge in [-0.3, -0.25) is 0 Å². The second kappa shape index (κ2) is 9.00. The van der Waals surface area contributed by atoms with Crippen molar-refractivity contribution in [2.75, 3.05) is 0 Å². The van der Waals surface area contributed by atoms with Gasteiger partial charge in [0.2, 0.25) is 0 Å². The first kappa shape index (κ1) is 24.7. The highest BCUT2D eigenvalue weighted by Crippen LogP contribution is 2.67. The zero-order valence-corrected chi connectivity index (χ0v) is 21.6. The van der Waals surface area contributed by atoms with Gasteiger partial charge in [-0.2, -0.15) is 0 Å². The Bertz CT molecular complexity index is 701. The quantitative estimate of drug-likeness (QED) is 0.441. The molecule has 184 valence electrons. The third-order valence-corrected chi connectivity index (χ3v) is 11.4. The van der Waals surface area contributed by atoms with E-state index in [9.17, 15) is 15.3 Å². The van der Waals surface area contributed by atoms with Crippen molar-refractivity contribution in [2.24, 2.45) is 52.3 Å². The Hall–Kier alpha value is -0.380. The highest BCUT2D eigenvalue weighted by atomic mass is 16.3. The van der Waals surface area contributed by atoms with Crippen molar-refractivity contribution in [2.45, 2.75) is 118 Å². The second-order valence-electron chi connectivity index (χ2n) is 13.1. The number of hydrogen-bond acceptors (Lipinski definition) is 3. The van der Waals surface area contributed by atoms with Crippen LogP contribution in [0.5, 0.6) is 0 Å². The molecule has 3 heteroatoms. The van der Waals surface area contributed by atoms with E-state index in [-0.39, 0.29) is 29.1 Å².